The Morgan fingerprint density at radius 3 is 2.53 bits per heavy atom. The second-order valence-corrected chi connectivity index (χ2v) is 4.11. The van der Waals surface area contributed by atoms with E-state index in [-0.39, 0.29) is 5.95 Å². The standard InChI is InChI=1S/C9H8BrN5O2/c1-14-5-7(4-13-14)15(9(16)17)8-11-2-6(10)3-12-8/h2-5H,1H3,(H,16,17). The Bertz CT molecular complexity index is 539. The van der Waals surface area contributed by atoms with Crippen LogP contribution >= 0.6 is 15.9 Å². The minimum atomic E-state index is -1.17. The first kappa shape index (κ1) is 11.5. The van der Waals surface area contributed by atoms with Crippen LogP contribution in [0.2, 0.25) is 0 Å². The van der Waals surface area contributed by atoms with Gasteiger partial charge in [0.05, 0.1) is 16.4 Å². The molecule has 2 heterocycles. The first-order chi connectivity index (χ1) is 8.08. The molecule has 0 aromatic carbocycles. The SMILES string of the molecule is Cn1cc(N(C(=O)O)c2ncc(Br)cn2)cn1. The fourth-order valence-electron chi connectivity index (χ4n) is 1.26. The average Bonchev–Trinajstić information content (AvgIpc) is 2.68. The molecular formula is C9H8BrN5O2. The van der Waals surface area contributed by atoms with Gasteiger partial charge in [0.25, 0.3) is 0 Å². The third-order valence-corrected chi connectivity index (χ3v) is 2.36. The monoisotopic (exact) mass is 297 g/mol. The number of hydrogen-bond donors (Lipinski definition) is 1. The van der Waals surface area contributed by atoms with E-state index in [1.54, 1.807) is 13.2 Å². The summed E-state index contributed by atoms with van der Waals surface area (Å²) in [4.78, 5) is 20.0. The van der Waals surface area contributed by atoms with E-state index in [9.17, 15) is 4.79 Å². The van der Waals surface area contributed by atoms with Crippen molar-refractivity contribution in [3.05, 3.63) is 29.3 Å². The molecule has 0 saturated carbocycles. The van der Waals surface area contributed by atoms with E-state index in [0.717, 1.165) is 4.90 Å². The molecule has 0 radical (unpaired) electrons. The molecule has 1 N–H and O–H groups in total. The molecule has 0 atom stereocenters. The molecule has 17 heavy (non-hydrogen) atoms. The molecule has 0 aliphatic carbocycles. The predicted molar refractivity (Wildman–Crippen MR) is 63.1 cm³/mol. The van der Waals surface area contributed by atoms with Crippen molar-refractivity contribution in [2.24, 2.45) is 7.05 Å². The number of amides is 1. The van der Waals surface area contributed by atoms with E-state index < -0.39 is 6.09 Å². The van der Waals surface area contributed by atoms with Gasteiger partial charge in [-0.2, -0.15) is 5.10 Å². The first-order valence-electron chi connectivity index (χ1n) is 4.57. The van der Waals surface area contributed by atoms with Crippen LogP contribution < -0.4 is 4.90 Å². The van der Waals surface area contributed by atoms with Crippen molar-refractivity contribution in [1.82, 2.24) is 19.7 Å². The molecule has 2 aromatic rings. The number of rotatable bonds is 2. The van der Waals surface area contributed by atoms with E-state index in [1.807, 2.05) is 0 Å². The number of aromatic nitrogens is 4. The maximum atomic E-state index is 11.2. The van der Waals surface area contributed by atoms with E-state index in [1.165, 1.54) is 23.3 Å². The number of hydrogen-bond acceptors (Lipinski definition) is 4. The maximum absolute atomic E-state index is 11.2. The number of halogens is 1. The lowest BCUT2D eigenvalue weighted by Gasteiger charge is -2.14. The largest absolute Gasteiger partial charge is 0.464 e. The van der Waals surface area contributed by atoms with Gasteiger partial charge >= 0.3 is 6.09 Å². The average molecular weight is 298 g/mol. The van der Waals surface area contributed by atoms with Gasteiger partial charge in [-0.15, -0.1) is 0 Å². The Morgan fingerprint density at radius 2 is 2.06 bits per heavy atom. The molecular weight excluding hydrogens is 290 g/mol. The van der Waals surface area contributed by atoms with Crippen molar-refractivity contribution in [1.29, 1.82) is 0 Å². The van der Waals surface area contributed by atoms with Crippen LogP contribution in [0.15, 0.2) is 29.3 Å². The van der Waals surface area contributed by atoms with Gasteiger partial charge in [0, 0.05) is 25.6 Å². The molecule has 0 aliphatic rings. The molecule has 0 fully saturated rings. The highest BCUT2D eigenvalue weighted by Crippen LogP contribution is 2.21. The molecule has 0 aliphatic heterocycles. The summed E-state index contributed by atoms with van der Waals surface area (Å²) in [5.41, 5.74) is 0.391. The van der Waals surface area contributed by atoms with Crippen molar-refractivity contribution in [2.45, 2.75) is 0 Å². The molecule has 0 spiro atoms. The van der Waals surface area contributed by atoms with Gasteiger partial charge < -0.3 is 5.11 Å². The van der Waals surface area contributed by atoms with Gasteiger partial charge in [-0.25, -0.2) is 19.7 Å². The maximum Gasteiger partial charge on any atom is 0.419 e. The van der Waals surface area contributed by atoms with E-state index in [2.05, 4.69) is 31.0 Å². The zero-order valence-electron chi connectivity index (χ0n) is 8.78. The molecule has 0 unspecified atom stereocenters. The summed E-state index contributed by atoms with van der Waals surface area (Å²) in [7, 11) is 1.70. The minimum Gasteiger partial charge on any atom is -0.464 e. The van der Waals surface area contributed by atoms with E-state index in [4.69, 9.17) is 5.11 Å². The quantitative estimate of drug-likeness (QED) is 0.913. The normalized spacial score (nSPS) is 10.2. The Labute approximate surface area is 105 Å². The number of carboxylic acid groups (broad SMARTS) is 1. The zero-order valence-corrected chi connectivity index (χ0v) is 10.4. The van der Waals surface area contributed by atoms with Crippen LogP contribution in [0.5, 0.6) is 0 Å². The van der Waals surface area contributed by atoms with Crippen LogP contribution in [-0.2, 0) is 7.05 Å². The summed E-state index contributed by atoms with van der Waals surface area (Å²) < 4.78 is 2.18. The van der Waals surface area contributed by atoms with Crippen LogP contribution in [0, 0.1) is 0 Å². The summed E-state index contributed by atoms with van der Waals surface area (Å²) in [5, 5.41) is 13.1. The number of carbonyl (C=O) groups is 1. The topological polar surface area (TPSA) is 84.1 Å². The lowest BCUT2D eigenvalue weighted by atomic mass is 10.5. The first-order valence-corrected chi connectivity index (χ1v) is 5.36. The van der Waals surface area contributed by atoms with Gasteiger partial charge in [-0.05, 0) is 15.9 Å². The Morgan fingerprint density at radius 1 is 1.41 bits per heavy atom. The fraction of sp³-hybridized carbons (Fsp3) is 0.111. The smallest absolute Gasteiger partial charge is 0.419 e. The zero-order chi connectivity index (χ0) is 12.4. The van der Waals surface area contributed by atoms with Crippen molar-refractivity contribution in [3.8, 4) is 0 Å². The molecule has 7 nitrogen and oxygen atoms in total. The number of aryl methyl sites for hydroxylation is 1. The van der Waals surface area contributed by atoms with Gasteiger partial charge in [-0.1, -0.05) is 0 Å². The number of nitrogens with zero attached hydrogens (tertiary/aromatic N) is 5. The lowest BCUT2D eigenvalue weighted by Crippen LogP contribution is -2.25. The lowest BCUT2D eigenvalue weighted by molar-refractivity contribution is 0.204. The molecule has 2 rings (SSSR count). The molecule has 1 amide bonds. The summed E-state index contributed by atoms with van der Waals surface area (Å²) in [6.07, 6.45) is 4.79. The fourth-order valence-corrected chi connectivity index (χ4v) is 1.46. The van der Waals surface area contributed by atoms with Crippen LogP contribution in [0.1, 0.15) is 0 Å². The summed E-state index contributed by atoms with van der Waals surface area (Å²) in [6.45, 7) is 0. The summed E-state index contributed by atoms with van der Waals surface area (Å²) in [5.74, 6) is 0.0775. The molecule has 0 bridgehead atoms. The van der Waals surface area contributed by atoms with Crippen molar-refractivity contribution < 1.29 is 9.90 Å². The van der Waals surface area contributed by atoms with Gasteiger partial charge in [-0.3, -0.25) is 4.68 Å². The highest BCUT2D eigenvalue weighted by molar-refractivity contribution is 9.10. The third-order valence-electron chi connectivity index (χ3n) is 1.95. The van der Waals surface area contributed by atoms with Gasteiger partial charge in [0.1, 0.15) is 0 Å². The molecule has 88 valence electrons. The molecule has 8 heteroatoms. The molecule has 0 saturated heterocycles. The second kappa shape index (κ2) is 4.50. The van der Waals surface area contributed by atoms with Crippen molar-refractivity contribution >= 4 is 33.7 Å². The van der Waals surface area contributed by atoms with Gasteiger partial charge in [0.15, 0.2) is 0 Å². The Hall–Kier alpha value is -1.96. The Balaban J connectivity index is 2.42. The van der Waals surface area contributed by atoms with E-state index in [0.29, 0.717) is 10.2 Å². The Kier molecular flexibility index (Phi) is 3.05. The van der Waals surface area contributed by atoms with Crippen LogP contribution in [0.25, 0.3) is 0 Å². The summed E-state index contributed by atoms with van der Waals surface area (Å²) >= 11 is 3.18. The highest BCUT2D eigenvalue weighted by Gasteiger charge is 2.20. The van der Waals surface area contributed by atoms with Crippen LogP contribution in [-0.4, -0.2) is 30.9 Å². The summed E-state index contributed by atoms with van der Waals surface area (Å²) in [6, 6.07) is 0. The minimum absolute atomic E-state index is 0.0775. The third kappa shape index (κ3) is 2.41. The van der Waals surface area contributed by atoms with Gasteiger partial charge in [0.2, 0.25) is 5.95 Å². The van der Waals surface area contributed by atoms with Crippen LogP contribution in [0.3, 0.4) is 0 Å². The van der Waals surface area contributed by atoms with Crippen molar-refractivity contribution in [3.63, 3.8) is 0 Å². The number of anilines is 2. The van der Waals surface area contributed by atoms with Crippen LogP contribution in [0.4, 0.5) is 16.4 Å². The highest BCUT2D eigenvalue weighted by atomic mass is 79.9. The predicted octanol–water partition coefficient (Wildman–Crippen LogP) is 1.79. The molecule has 2 aromatic heterocycles. The van der Waals surface area contributed by atoms with Crippen molar-refractivity contribution in [2.75, 3.05) is 4.90 Å². The second-order valence-electron chi connectivity index (χ2n) is 3.19. The van der Waals surface area contributed by atoms with E-state index >= 15 is 0 Å².